The number of rotatable bonds is 7. The van der Waals surface area contributed by atoms with Crippen LogP contribution in [0.4, 0.5) is 5.69 Å². The number of benzene rings is 3. The Kier molecular flexibility index (Phi) is 6.18. The van der Waals surface area contributed by atoms with Crippen molar-refractivity contribution in [2.24, 2.45) is 0 Å². The molecule has 0 bridgehead atoms. The Hall–Kier alpha value is -3.18. The molecule has 2 amide bonds. The SMILES string of the molecule is COCC(=O)Nc1cccc(CNC(=O)Cc2ccc3ccccc3c2)c1. The molecule has 5 nitrogen and oxygen atoms in total. The monoisotopic (exact) mass is 362 g/mol. The molecule has 138 valence electrons. The number of fused-ring (bicyclic) bond motifs is 1. The topological polar surface area (TPSA) is 67.4 Å². The molecule has 27 heavy (non-hydrogen) atoms. The van der Waals surface area contributed by atoms with E-state index in [9.17, 15) is 9.59 Å². The number of nitrogens with one attached hydrogen (secondary N) is 2. The van der Waals surface area contributed by atoms with Gasteiger partial charge in [-0.1, -0.05) is 54.6 Å². The van der Waals surface area contributed by atoms with Crippen molar-refractivity contribution < 1.29 is 14.3 Å². The fraction of sp³-hybridized carbons (Fsp3) is 0.182. The van der Waals surface area contributed by atoms with Gasteiger partial charge in [0.2, 0.25) is 11.8 Å². The molecule has 0 saturated carbocycles. The van der Waals surface area contributed by atoms with Gasteiger partial charge in [-0.25, -0.2) is 0 Å². The second kappa shape index (κ2) is 8.96. The van der Waals surface area contributed by atoms with Crippen molar-refractivity contribution in [1.82, 2.24) is 5.32 Å². The molecule has 0 fully saturated rings. The number of methoxy groups -OCH3 is 1. The Morgan fingerprint density at radius 1 is 0.852 bits per heavy atom. The lowest BCUT2D eigenvalue weighted by Crippen LogP contribution is -2.24. The molecule has 0 aliphatic heterocycles. The van der Waals surface area contributed by atoms with Crippen LogP contribution in [0.2, 0.25) is 0 Å². The minimum atomic E-state index is -0.213. The number of amides is 2. The zero-order valence-electron chi connectivity index (χ0n) is 15.2. The van der Waals surface area contributed by atoms with Crippen LogP contribution in [0.5, 0.6) is 0 Å². The lowest BCUT2D eigenvalue weighted by molar-refractivity contribution is -0.121. The van der Waals surface area contributed by atoms with E-state index in [0.29, 0.717) is 18.7 Å². The standard InChI is InChI=1S/C22H22N2O3/c1-27-15-22(26)24-20-8-4-5-17(12-20)14-23-21(25)13-16-9-10-18-6-2-3-7-19(18)11-16/h2-12H,13-15H2,1H3,(H,23,25)(H,24,26). The van der Waals surface area contributed by atoms with Crippen molar-refractivity contribution in [3.8, 4) is 0 Å². The first-order valence-corrected chi connectivity index (χ1v) is 8.76. The van der Waals surface area contributed by atoms with Gasteiger partial charge >= 0.3 is 0 Å². The Labute approximate surface area is 158 Å². The summed E-state index contributed by atoms with van der Waals surface area (Å²) in [7, 11) is 1.47. The summed E-state index contributed by atoms with van der Waals surface area (Å²) in [5, 5.41) is 7.96. The van der Waals surface area contributed by atoms with E-state index in [1.165, 1.54) is 7.11 Å². The van der Waals surface area contributed by atoms with Gasteiger partial charge in [0.05, 0.1) is 6.42 Å². The van der Waals surface area contributed by atoms with Crippen molar-refractivity contribution in [2.75, 3.05) is 19.0 Å². The largest absolute Gasteiger partial charge is 0.375 e. The van der Waals surface area contributed by atoms with Crippen LogP contribution in [0.1, 0.15) is 11.1 Å². The van der Waals surface area contributed by atoms with Crippen molar-refractivity contribution in [3.63, 3.8) is 0 Å². The van der Waals surface area contributed by atoms with Crippen LogP contribution < -0.4 is 10.6 Å². The van der Waals surface area contributed by atoms with Gasteiger partial charge in [-0.3, -0.25) is 9.59 Å². The summed E-state index contributed by atoms with van der Waals surface area (Å²) in [5.41, 5.74) is 2.57. The highest BCUT2D eigenvalue weighted by Gasteiger charge is 2.06. The third-order valence-corrected chi connectivity index (χ3v) is 4.15. The average Bonchev–Trinajstić information content (AvgIpc) is 2.67. The van der Waals surface area contributed by atoms with Crippen LogP contribution >= 0.6 is 0 Å². The first-order chi connectivity index (χ1) is 13.1. The Morgan fingerprint density at radius 3 is 2.48 bits per heavy atom. The molecule has 0 aliphatic carbocycles. The lowest BCUT2D eigenvalue weighted by Gasteiger charge is -2.09. The fourth-order valence-electron chi connectivity index (χ4n) is 2.88. The lowest BCUT2D eigenvalue weighted by atomic mass is 10.0. The summed E-state index contributed by atoms with van der Waals surface area (Å²) < 4.78 is 4.80. The van der Waals surface area contributed by atoms with Crippen LogP contribution in [0.25, 0.3) is 10.8 Å². The molecule has 3 rings (SSSR count). The minimum Gasteiger partial charge on any atom is -0.375 e. The van der Waals surface area contributed by atoms with Gasteiger partial charge in [0.25, 0.3) is 0 Å². The summed E-state index contributed by atoms with van der Waals surface area (Å²) in [6, 6.07) is 21.5. The van der Waals surface area contributed by atoms with Gasteiger partial charge in [0, 0.05) is 19.3 Å². The molecule has 0 radical (unpaired) electrons. The zero-order valence-corrected chi connectivity index (χ0v) is 15.2. The number of anilines is 1. The van der Waals surface area contributed by atoms with E-state index in [1.54, 1.807) is 6.07 Å². The van der Waals surface area contributed by atoms with Crippen LogP contribution in [-0.4, -0.2) is 25.5 Å². The number of carbonyl (C=O) groups is 2. The molecule has 0 aromatic heterocycles. The van der Waals surface area contributed by atoms with E-state index >= 15 is 0 Å². The molecule has 0 aliphatic rings. The first-order valence-electron chi connectivity index (χ1n) is 8.76. The van der Waals surface area contributed by atoms with E-state index in [2.05, 4.69) is 16.7 Å². The van der Waals surface area contributed by atoms with E-state index in [4.69, 9.17) is 4.74 Å². The number of hydrogen-bond acceptors (Lipinski definition) is 3. The molecule has 3 aromatic carbocycles. The summed E-state index contributed by atoms with van der Waals surface area (Å²) >= 11 is 0. The summed E-state index contributed by atoms with van der Waals surface area (Å²) in [5.74, 6) is -0.255. The zero-order chi connectivity index (χ0) is 19.1. The molecule has 0 unspecified atom stereocenters. The normalized spacial score (nSPS) is 10.6. The highest BCUT2D eigenvalue weighted by atomic mass is 16.5. The molecular formula is C22H22N2O3. The maximum absolute atomic E-state index is 12.3. The Balaban J connectivity index is 1.56. The smallest absolute Gasteiger partial charge is 0.250 e. The van der Waals surface area contributed by atoms with Crippen molar-refractivity contribution in [2.45, 2.75) is 13.0 Å². The summed E-state index contributed by atoms with van der Waals surface area (Å²) in [6.07, 6.45) is 0.328. The van der Waals surface area contributed by atoms with Crippen molar-refractivity contribution in [1.29, 1.82) is 0 Å². The van der Waals surface area contributed by atoms with E-state index in [1.807, 2.05) is 54.6 Å². The quantitative estimate of drug-likeness (QED) is 0.678. The minimum absolute atomic E-state index is 0.00667. The summed E-state index contributed by atoms with van der Waals surface area (Å²) in [4.78, 5) is 23.9. The first kappa shape index (κ1) is 18.6. The van der Waals surface area contributed by atoms with E-state index in [-0.39, 0.29) is 18.4 Å². The van der Waals surface area contributed by atoms with E-state index in [0.717, 1.165) is 21.9 Å². The molecule has 5 heteroatoms. The van der Waals surface area contributed by atoms with Gasteiger partial charge in [-0.2, -0.15) is 0 Å². The number of carbonyl (C=O) groups excluding carboxylic acids is 2. The molecule has 2 N–H and O–H groups in total. The van der Waals surface area contributed by atoms with Crippen molar-refractivity contribution >= 4 is 28.3 Å². The predicted molar refractivity (Wildman–Crippen MR) is 106 cm³/mol. The third-order valence-electron chi connectivity index (χ3n) is 4.15. The second-order valence-electron chi connectivity index (χ2n) is 6.32. The molecule has 0 heterocycles. The predicted octanol–water partition coefficient (Wildman–Crippen LogP) is 3.28. The van der Waals surface area contributed by atoms with Gasteiger partial charge in [0.15, 0.2) is 0 Å². The van der Waals surface area contributed by atoms with Crippen LogP contribution in [0.15, 0.2) is 66.7 Å². The van der Waals surface area contributed by atoms with Gasteiger partial charge in [-0.05, 0) is 34.0 Å². The highest BCUT2D eigenvalue weighted by molar-refractivity contribution is 5.91. The average molecular weight is 362 g/mol. The Bertz CT molecular complexity index is 953. The van der Waals surface area contributed by atoms with Crippen LogP contribution in [0.3, 0.4) is 0 Å². The summed E-state index contributed by atoms with van der Waals surface area (Å²) in [6.45, 7) is 0.410. The molecular weight excluding hydrogens is 340 g/mol. The number of ether oxygens (including phenoxy) is 1. The van der Waals surface area contributed by atoms with Crippen molar-refractivity contribution in [3.05, 3.63) is 77.9 Å². The highest BCUT2D eigenvalue weighted by Crippen LogP contribution is 2.16. The third kappa shape index (κ3) is 5.39. The maximum Gasteiger partial charge on any atom is 0.250 e. The maximum atomic E-state index is 12.3. The van der Waals surface area contributed by atoms with Crippen LogP contribution in [-0.2, 0) is 27.3 Å². The molecule has 3 aromatic rings. The molecule has 0 spiro atoms. The molecule has 0 saturated heterocycles. The van der Waals surface area contributed by atoms with Gasteiger partial charge in [-0.15, -0.1) is 0 Å². The second-order valence-corrected chi connectivity index (χ2v) is 6.32. The molecule has 0 atom stereocenters. The fourth-order valence-corrected chi connectivity index (χ4v) is 2.88. The van der Waals surface area contributed by atoms with Crippen LogP contribution in [0, 0.1) is 0 Å². The number of hydrogen-bond donors (Lipinski definition) is 2. The Morgan fingerprint density at radius 2 is 1.67 bits per heavy atom. The van der Waals surface area contributed by atoms with Gasteiger partial charge < -0.3 is 15.4 Å². The van der Waals surface area contributed by atoms with Gasteiger partial charge in [0.1, 0.15) is 6.61 Å². The van der Waals surface area contributed by atoms with E-state index < -0.39 is 0 Å².